The summed E-state index contributed by atoms with van der Waals surface area (Å²) in [7, 11) is 0. The van der Waals surface area contributed by atoms with Crippen LogP contribution in [-0.2, 0) is 4.74 Å². The number of amides is 1. The molecule has 0 unspecified atom stereocenters. The van der Waals surface area contributed by atoms with Crippen molar-refractivity contribution < 1.29 is 13.9 Å². The van der Waals surface area contributed by atoms with Crippen LogP contribution < -0.4 is 5.32 Å². The van der Waals surface area contributed by atoms with E-state index < -0.39 is 0 Å². The monoisotopic (exact) mass is 355 g/mol. The van der Waals surface area contributed by atoms with Gasteiger partial charge in [0.25, 0.3) is 5.91 Å². The van der Waals surface area contributed by atoms with Crippen LogP contribution in [0.2, 0.25) is 0 Å². The number of aromatic nitrogens is 3. The second kappa shape index (κ2) is 7.27. The number of hydrogen-bond acceptors (Lipinski definition) is 6. The van der Waals surface area contributed by atoms with Crippen LogP contribution in [-0.4, -0.2) is 64.8 Å². The second-order valence-corrected chi connectivity index (χ2v) is 6.24. The normalized spacial score (nSPS) is 15.4. The summed E-state index contributed by atoms with van der Waals surface area (Å²) in [6.45, 7) is 6.58. The minimum atomic E-state index is -0.173. The van der Waals surface area contributed by atoms with E-state index in [0.717, 1.165) is 44.3 Å². The number of fused-ring (bicyclic) bond motifs is 1. The van der Waals surface area contributed by atoms with Crippen LogP contribution >= 0.6 is 0 Å². The van der Waals surface area contributed by atoms with Gasteiger partial charge in [-0.3, -0.25) is 9.69 Å². The number of carbonyl (C=O) groups excluding carboxylic acids is 1. The first kappa shape index (κ1) is 16.7. The quantitative estimate of drug-likeness (QED) is 0.744. The number of nitrogens with one attached hydrogen (secondary N) is 1. The average Bonchev–Trinajstić information content (AvgIpc) is 3.28. The Labute approximate surface area is 150 Å². The molecular formula is C18H21N5O3. The fraction of sp³-hybridized carbons (Fsp3) is 0.389. The zero-order valence-corrected chi connectivity index (χ0v) is 14.6. The van der Waals surface area contributed by atoms with Gasteiger partial charge in [0, 0.05) is 32.4 Å². The van der Waals surface area contributed by atoms with Crippen molar-refractivity contribution in [3.63, 3.8) is 0 Å². The molecule has 1 aliphatic heterocycles. The number of hydrogen-bond donors (Lipinski definition) is 1. The van der Waals surface area contributed by atoms with Crippen molar-refractivity contribution in [2.75, 3.05) is 39.4 Å². The van der Waals surface area contributed by atoms with Crippen LogP contribution in [0.15, 0.2) is 35.0 Å². The highest BCUT2D eigenvalue weighted by molar-refractivity contribution is 5.99. The first-order chi connectivity index (χ1) is 12.7. The molecule has 1 amide bonds. The van der Waals surface area contributed by atoms with Gasteiger partial charge in [-0.2, -0.15) is 5.10 Å². The fourth-order valence-corrected chi connectivity index (χ4v) is 3.06. The molecule has 1 fully saturated rings. The summed E-state index contributed by atoms with van der Waals surface area (Å²) in [4.78, 5) is 19.1. The molecule has 3 aromatic heterocycles. The molecule has 0 radical (unpaired) electrons. The van der Waals surface area contributed by atoms with Gasteiger partial charge in [-0.15, -0.1) is 0 Å². The Bertz CT molecular complexity index is 911. The van der Waals surface area contributed by atoms with E-state index >= 15 is 0 Å². The van der Waals surface area contributed by atoms with Crippen molar-refractivity contribution >= 4 is 11.6 Å². The lowest BCUT2D eigenvalue weighted by Crippen LogP contribution is -2.41. The number of morpholine rings is 1. The Balaban J connectivity index is 1.49. The number of nitrogens with zero attached hydrogens (tertiary/aromatic N) is 4. The third-order valence-electron chi connectivity index (χ3n) is 4.46. The molecule has 0 atom stereocenters. The van der Waals surface area contributed by atoms with Gasteiger partial charge in [0.2, 0.25) is 0 Å². The third-order valence-corrected chi connectivity index (χ3v) is 4.46. The van der Waals surface area contributed by atoms with Gasteiger partial charge in [0.15, 0.2) is 11.4 Å². The van der Waals surface area contributed by atoms with E-state index in [0.29, 0.717) is 23.5 Å². The molecule has 1 aliphatic rings. The highest BCUT2D eigenvalue weighted by atomic mass is 16.5. The summed E-state index contributed by atoms with van der Waals surface area (Å²) >= 11 is 0. The smallest absolute Gasteiger partial charge is 0.256 e. The number of rotatable bonds is 5. The van der Waals surface area contributed by atoms with Crippen molar-refractivity contribution in [1.29, 1.82) is 0 Å². The van der Waals surface area contributed by atoms with Crippen LogP contribution in [0.4, 0.5) is 0 Å². The van der Waals surface area contributed by atoms with E-state index in [9.17, 15) is 4.79 Å². The molecule has 1 saturated heterocycles. The SMILES string of the molecule is Cc1ccc(-c2ccnc3c(C(=O)NCCN4CCOCC4)cnn23)o1. The summed E-state index contributed by atoms with van der Waals surface area (Å²) in [5.74, 6) is 1.34. The topological polar surface area (TPSA) is 84.9 Å². The second-order valence-electron chi connectivity index (χ2n) is 6.24. The summed E-state index contributed by atoms with van der Waals surface area (Å²) in [5.41, 5.74) is 1.73. The lowest BCUT2D eigenvalue weighted by atomic mass is 10.3. The van der Waals surface area contributed by atoms with Crippen molar-refractivity contribution in [2.45, 2.75) is 6.92 Å². The van der Waals surface area contributed by atoms with Crippen LogP contribution in [0.1, 0.15) is 16.1 Å². The molecule has 8 heteroatoms. The Morgan fingerprint density at radius 1 is 1.27 bits per heavy atom. The van der Waals surface area contributed by atoms with Gasteiger partial charge < -0.3 is 14.5 Å². The molecule has 0 saturated carbocycles. The van der Waals surface area contributed by atoms with Gasteiger partial charge >= 0.3 is 0 Å². The van der Waals surface area contributed by atoms with Gasteiger partial charge in [0.05, 0.1) is 19.4 Å². The van der Waals surface area contributed by atoms with E-state index in [-0.39, 0.29) is 5.91 Å². The molecule has 1 N–H and O–H groups in total. The maximum absolute atomic E-state index is 12.5. The first-order valence-electron chi connectivity index (χ1n) is 8.70. The largest absolute Gasteiger partial charge is 0.460 e. The highest BCUT2D eigenvalue weighted by Gasteiger charge is 2.17. The molecule has 0 bridgehead atoms. The zero-order chi connectivity index (χ0) is 17.9. The molecule has 0 aliphatic carbocycles. The first-order valence-corrected chi connectivity index (χ1v) is 8.70. The van der Waals surface area contributed by atoms with Crippen molar-refractivity contribution in [3.05, 3.63) is 41.9 Å². The highest BCUT2D eigenvalue weighted by Crippen LogP contribution is 2.22. The minimum Gasteiger partial charge on any atom is -0.460 e. The molecular weight excluding hydrogens is 334 g/mol. The van der Waals surface area contributed by atoms with Crippen LogP contribution in [0.5, 0.6) is 0 Å². The van der Waals surface area contributed by atoms with Crippen molar-refractivity contribution in [3.8, 4) is 11.5 Å². The van der Waals surface area contributed by atoms with Gasteiger partial charge in [-0.25, -0.2) is 9.50 Å². The minimum absolute atomic E-state index is 0.173. The van der Waals surface area contributed by atoms with E-state index in [4.69, 9.17) is 9.15 Å². The predicted octanol–water partition coefficient (Wildman–Crippen LogP) is 1.36. The Morgan fingerprint density at radius 2 is 2.12 bits per heavy atom. The molecule has 0 spiro atoms. The van der Waals surface area contributed by atoms with E-state index in [1.807, 2.05) is 25.1 Å². The number of furan rings is 1. The van der Waals surface area contributed by atoms with Crippen LogP contribution in [0, 0.1) is 6.92 Å². The fourth-order valence-electron chi connectivity index (χ4n) is 3.06. The third kappa shape index (κ3) is 3.33. The Morgan fingerprint density at radius 3 is 2.88 bits per heavy atom. The van der Waals surface area contributed by atoms with Gasteiger partial charge in [-0.05, 0) is 25.1 Å². The number of ether oxygens (including phenoxy) is 1. The van der Waals surface area contributed by atoms with Gasteiger partial charge in [0.1, 0.15) is 17.0 Å². The average molecular weight is 355 g/mol. The molecule has 26 heavy (non-hydrogen) atoms. The van der Waals surface area contributed by atoms with Crippen molar-refractivity contribution in [1.82, 2.24) is 24.8 Å². The Hall–Kier alpha value is -2.71. The molecule has 4 heterocycles. The van der Waals surface area contributed by atoms with Crippen LogP contribution in [0.3, 0.4) is 0 Å². The summed E-state index contributed by atoms with van der Waals surface area (Å²) in [5, 5.41) is 7.28. The molecule has 136 valence electrons. The molecule has 3 aromatic rings. The number of aryl methyl sites for hydroxylation is 1. The number of carbonyl (C=O) groups is 1. The Kier molecular flexibility index (Phi) is 4.68. The lowest BCUT2D eigenvalue weighted by Gasteiger charge is -2.26. The van der Waals surface area contributed by atoms with Crippen molar-refractivity contribution in [2.24, 2.45) is 0 Å². The maximum atomic E-state index is 12.5. The molecule has 8 nitrogen and oxygen atoms in total. The summed E-state index contributed by atoms with van der Waals surface area (Å²) in [6, 6.07) is 5.59. The van der Waals surface area contributed by atoms with Gasteiger partial charge in [-0.1, -0.05) is 0 Å². The maximum Gasteiger partial charge on any atom is 0.256 e. The predicted molar refractivity (Wildman–Crippen MR) is 95.0 cm³/mol. The van der Waals surface area contributed by atoms with E-state index in [2.05, 4.69) is 20.3 Å². The molecule has 4 rings (SSSR count). The lowest BCUT2D eigenvalue weighted by molar-refractivity contribution is 0.0383. The zero-order valence-electron chi connectivity index (χ0n) is 14.6. The van der Waals surface area contributed by atoms with E-state index in [1.165, 1.54) is 0 Å². The standard InChI is InChI=1S/C18H21N5O3/c1-13-2-3-16(26-13)15-4-5-19-17-14(12-21-23(15)17)18(24)20-6-7-22-8-10-25-11-9-22/h2-5,12H,6-11H2,1H3,(H,20,24). The van der Waals surface area contributed by atoms with E-state index in [1.54, 1.807) is 16.9 Å². The summed E-state index contributed by atoms with van der Waals surface area (Å²) < 4.78 is 12.6. The molecule has 0 aromatic carbocycles. The summed E-state index contributed by atoms with van der Waals surface area (Å²) in [6.07, 6.45) is 3.21. The van der Waals surface area contributed by atoms with Crippen LogP contribution in [0.25, 0.3) is 17.1 Å².